The van der Waals surface area contributed by atoms with Gasteiger partial charge in [-0.15, -0.1) is 0 Å². The number of carbonyl (C=O) groups is 1. The van der Waals surface area contributed by atoms with Crippen molar-refractivity contribution in [3.8, 4) is 11.5 Å². The zero-order chi connectivity index (χ0) is 24.0. The molecule has 0 aliphatic carbocycles. The lowest BCUT2D eigenvalue weighted by molar-refractivity contribution is -0.380. The van der Waals surface area contributed by atoms with Crippen LogP contribution in [0.4, 0.5) is 10.1 Å². The zero-order valence-corrected chi connectivity index (χ0v) is 20.6. The molecule has 0 bridgehead atoms. The summed E-state index contributed by atoms with van der Waals surface area (Å²) >= 11 is 2.38. The molecule has 0 saturated heterocycles. The molecule has 0 N–H and O–H groups in total. The molecule has 9 nitrogen and oxygen atoms in total. The van der Waals surface area contributed by atoms with E-state index in [0.29, 0.717) is 40.1 Å². The number of aromatic nitrogens is 1. The summed E-state index contributed by atoms with van der Waals surface area (Å²) in [6.45, 7) is 7.02. The summed E-state index contributed by atoms with van der Waals surface area (Å²) in [5.41, 5.74) is 0.635. The number of nitrogens with zero attached hydrogens (tertiary/aromatic N) is 4. The number of nitro groups is 1. The first-order valence-electron chi connectivity index (χ1n) is 10.4. The first-order chi connectivity index (χ1) is 15.9. The van der Waals surface area contributed by atoms with Crippen molar-refractivity contribution in [1.29, 1.82) is 0 Å². The van der Waals surface area contributed by atoms with E-state index in [-0.39, 0.29) is 10.9 Å². The number of ether oxygens (including phenoxy) is 2. The number of rotatable bonds is 11. The molecule has 1 amide bonds. The molecule has 0 aliphatic rings. The highest BCUT2D eigenvalue weighted by Gasteiger charge is 2.22. The molecular formula is C22H26N4O5S2. The minimum Gasteiger partial charge on any atom is -0.495 e. The second-order valence-electron chi connectivity index (χ2n) is 6.93. The van der Waals surface area contributed by atoms with Gasteiger partial charge in [0.05, 0.1) is 19.1 Å². The quantitative estimate of drug-likeness (QED) is 0.219. The highest BCUT2D eigenvalue weighted by atomic mass is 32.1. The summed E-state index contributed by atoms with van der Waals surface area (Å²) in [5, 5.41) is 11.5. The van der Waals surface area contributed by atoms with Gasteiger partial charge in [0.1, 0.15) is 21.7 Å². The molecule has 2 heterocycles. The van der Waals surface area contributed by atoms with Crippen LogP contribution in [-0.2, 0) is 4.79 Å². The van der Waals surface area contributed by atoms with Gasteiger partial charge in [0.2, 0.25) is 0 Å². The van der Waals surface area contributed by atoms with Crippen molar-refractivity contribution in [1.82, 2.24) is 9.88 Å². The summed E-state index contributed by atoms with van der Waals surface area (Å²) in [6.07, 6.45) is 3.03. The van der Waals surface area contributed by atoms with Gasteiger partial charge in [0, 0.05) is 30.1 Å². The van der Waals surface area contributed by atoms with Gasteiger partial charge >= 0.3 is 5.00 Å². The highest BCUT2D eigenvalue weighted by molar-refractivity contribution is 7.22. The van der Waals surface area contributed by atoms with Gasteiger partial charge in [-0.3, -0.25) is 19.8 Å². The van der Waals surface area contributed by atoms with Crippen molar-refractivity contribution in [2.45, 2.75) is 13.8 Å². The maximum atomic E-state index is 13.2. The molecule has 176 valence electrons. The molecule has 33 heavy (non-hydrogen) atoms. The first kappa shape index (κ1) is 24.6. The molecule has 0 saturated carbocycles. The van der Waals surface area contributed by atoms with Crippen LogP contribution in [0.2, 0.25) is 0 Å². The smallest absolute Gasteiger partial charge is 0.324 e. The molecule has 0 aliphatic heterocycles. The van der Waals surface area contributed by atoms with Gasteiger partial charge in [-0.25, -0.2) is 4.98 Å². The van der Waals surface area contributed by atoms with Crippen LogP contribution in [0, 0.1) is 10.1 Å². The summed E-state index contributed by atoms with van der Waals surface area (Å²) in [6, 6.07) is 6.66. The molecule has 0 fully saturated rings. The van der Waals surface area contributed by atoms with Crippen LogP contribution < -0.4 is 14.4 Å². The molecule has 2 aromatic heterocycles. The Bertz CT molecular complexity index is 1110. The molecule has 3 rings (SSSR count). The Hall–Kier alpha value is -3.02. The number of carbonyl (C=O) groups excluding carboxylic acids is 1. The monoisotopic (exact) mass is 490 g/mol. The number of fused-ring (bicyclic) bond motifs is 1. The fraction of sp³-hybridized carbons (Fsp3) is 0.364. The maximum Gasteiger partial charge on any atom is 0.324 e. The molecule has 0 spiro atoms. The molecular weight excluding hydrogens is 464 g/mol. The van der Waals surface area contributed by atoms with Gasteiger partial charge in [-0.05, 0) is 37.4 Å². The van der Waals surface area contributed by atoms with Gasteiger partial charge in [-0.1, -0.05) is 36.5 Å². The highest BCUT2D eigenvalue weighted by Crippen LogP contribution is 2.40. The number of thiophene rings is 1. The molecule has 0 atom stereocenters. The maximum absolute atomic E-state index is 13.2. The number of thiazole rings is 1. The Labute approximate surface area is 200 Å². The average molecular weight is 491 g/mol. The molecule has 3 aromatic rings. The van der Waals surface area contributed by atoms with Crippen LogP contribution in [0.1, 0.15) is 18.7 Å². The number of likely N-dealkylation sites (N-methyl/N-ethyl adjacent to an activating group) is 1. The predicted molar refractivity (Wildman–Crippen MR) is 133 cm³/mol. The number of amides is 1. The predicted octanol–water partition coefficient (Wildman–Crippen LogP) is 4.67. The molecule has 1 aromatic carbocycles. The lowest BCUT2D eigenvalue weighted by Crippen LogP contribution is -2.38. The number of benzene rings is 1. The van der Waals surface area contributed by atoms with Crippen molar-refractivity contribution in [3.05, 3.63) is 45.3 Å². The molecule has 11 heteroatoms. The summed E-state index contributed by atoms with van der Waals surface area (Å²) in [4.78, 5) is 32.9. The number of anilines is 1. The van der Waals surface area contributed by atoms with Crippen LogP contribution in [0.5, 0.6) is 11.5 Å². The van der Waals surface area contributed by atoms with E-state index < -0.39 is 4.92 Å². The van der Waals surface area contributed by atoms with Gasteiger partial charge in [0.15, 0.2) is 5.13 Å². The summed E-state index contributed by atoms with van der Waals surface area (Å²) in [7, 11) is 3.17. The van der Waals surface area contributed by atoms with Crippen LogP contribution in [0.3, 0.4) is 0 Å². The third-order valence-electron chi connectivity index (χ3n) is 5.11. The van der Waals surface area contributed by atoms with Crippen molar-refractivity contribution < 1.29 is 19.2 Å². The number of hydrogen-bond acceptors (Lipinski definition) is 9. The van der Waals surface area contributed by atoms with E-state index in [1.54, 1.807) is 37.3 Å². The largest absolute Gasteiger partial charge is 0.495 e. The fourth-order valence-corrected chi connectivity index (χ4v) is 5.07. The topological polar surface area (TPSA) is 98.0 Å². The van der Waals surface area contributed by atoms with Gasteiger partial charge < -0.3 is 14.4 Å². The standard InChI is InChI=1S/C22H26N4O5S2/c1-5-24(6-2)13-14-25(18(27)11-7-15-8-12-19(32-15)26(28)29)22-23-20-16(30-3)9-10-17(31-4)21(20)33-22/h7-12H,5-6,13-14H2,1-4H3. The van der Waals surface area contributed by atoms with Crippen LogP contribution in [0.15, 0.2) is 30.3 Å². The van der Waals surface area contributed by atoms with Gasteiger partial charge in [0.25, 0.3) is 5.91 Å². The first-order valence-corrected chi connectivity index (χ1v) is 12.0. The van der Waals surface area contributed by atoms with E-state index in [1.165, 1.54) is 23.5 Å². The van der Waals surface area contributed by atoms with Crippen molar-refractivity contribution in [3.63, 3.8) is 0 Å². The van der Waals surface area contributed by atoms with Crippen LogP contribution >= 0.6 is 22.7 Å². The lowest BCUT2D eigenvalue weighted by atomic mass is 10.3. The van der Waals surface area contributed by atoms with Gasteiger partial charge in [-0.2, -0.15) is 0 Å². The normalized spacial score (nSPS) is 11.4. The van der Waals surface area contributed by atoms with E-state index in [1.807, 2.05) is 6.07 Å². The SMILES string of the molecule is CCN(CC)CCN(C(=O)C=Cc1ccc([N+](=O)[O-])s1)c1nc2c(OC)ccc(OC)c2s1. The third-order valence-corrected chi connectivity index (χ3v) is 7.21. The van der Waals surface area contributed by atoms with E-state index in [0.717, 1.165) is 29.1 Å². The number of methoxy groups -OCH3 is 2. The Balaban J connectivity index is 1.95. The second-order valence-corrected chi connectivity index (χ2v) is 9.00. The summed E-state index contributed by atoms with van der Waals surface area (Å²) in [5.74, 6) is 1.01. The molecule has 0 radical (unpaired) electrons. The Kier molecular flexibility index (Phi) is 8.37. The van der Waals surface area contributed by atoms with Crippen molar-refractivity contribution >= 4 is 55.0 Å². The second kappa shape index (κ2) is 11.2. The minimum absolute atomic E-state index is 0.0332. The Morgan fingerprint density at radius 2 is 1.79 bits per heavy atom. The average Bonchev–Trinajstić information content (AvgIpc) is 3.47. The lowest BCUT2D eigenvalue weighted by Gasteiger charge is -2.23. The summed E-state index contributed by atoms with van der Waals surface area (Å²) < 4.78 is 11.7. The van der Waals surface area contributed by atoms with E-state index in [2.05, 4.69) is 18.7 Å². The van der Waals surface area contributed by atoms with E-state index in [4.69, 9.17) is 14.5 Å². The van der Waals surface area contributed by atoms with Crippen LogP contribution in [-0.4, -0.2) is 61.1 Å². The van der Waals surface area contributed by atoms with E-state index >= 15 is 0 Å². The van der Waals surface area contributed by atoms with Crippen LogP contribution in [0.25, 0.3) is 16.3 Å². The number of hydrogen-bond donors (Lipinski definition) is 0. The Morgan fingerprint density at radius 1 is 1.09 bits per heavy atom. The van der Waals surface area contributed by atoms with E-state index in [9.17, 15) is 14.9 Å². The van der Waals surface area contributed by atoms with Crippen molar-refractivity contribution in [2.75, 3.05) is 45.3 Å². The Morgan fingerprint density at radius 3 is 2.39 bits per heavy atom. The fourth-order valence-electron chi connectivity index (χ4n) is 3.24. The zero-order valence-electron chi connectivity index (χ0n) is 18.9. The molecule has 0 unspecified atom stereocenters. The van der Waals surface area contributed by atoms with Crippen molar-refractivity contribution in [2.24, 2.45) is 0 Å². The third kappa shape index (κ3) is 5.67. The minimum atomic E-state index is -0.442.